The zero-order chi connectivity index (χ0) is 32.3. The van der Waals surface area contributed by atoms with Crippen LogP contribution in [0.2, 0.25) is 5.02 Å². The number of hydrogen-bond donors (Lipinski definition) is 3. The minimum absolute atomic E-state index is 0.124. The van der Waals surface area contributed by atoms with Gasteiger partial charge in [0.2, 0.25) is 15.9 Å². The molecule has 3 aromatic carbocycles. The first-order valence-corrected chi connectivity index (χ1v) is 17.1. The number of carboxylic acid groups (broad SMARTS) is 1. The van der Waals surface area contributed by atoms with Gasteiger partial charge in [-0.2, -0.15) is 0 Å². The molecule has 1 heterocycles. The highest BCUT2D eigenvalue weighted by atomic mass is 35.5. The number of nitrogens with one attached hydrogen (secondary N) is 2. The second-order valence-electron chi connectivity index (χ2n) is 11.6. The fourth-order valence-electron chi connectivity index (χ4n) is 6.35. The van der Waals surface area contributed by atoms with E-state index in [4.69, 9.17) is 16.3 Å². The predicted octanol–water partition coefficient (Wildman–Crippen LogP) is 4.65. The summed E-state index contributed by atoms with van der Waals surface area (Å²) < 4.78 is 33.0. The molecule has 5 atom stereocenters. The van der Waals surface area contributed by atoms with Crippen molar-refractivity contribution in [3.63, 3.8) is 0 Å². The van der Waals surface area contributed by atoms with Crippen LogP contribution < -0.4 is 14.8 Å². The van der Waals surface area contributed by atoms with Gasteiger partial charge >= 0.3 is 5.97 Å². The van der Waals surface area contributed by atoms with Crippen molar-refractivity contribution >= 4 is 39.4 Å². The molecule has 1 saturated carbocycles. The van der Waals surface area contributed by atoms with Gasteiger partial charge in [0, 0.05) is 29.2 Å². The number of nitrogens with zero attached hydrogens (tertiary/aromatic N) is 1. The smallest absolute Gasteiger partial charge is 0.344 e. The summed E-state index contributed by atoms with van der Waals surface area (Å²) in [4.78, 5) is 41.6. The Morgan fingerprint density at radius 2 is 1.76 bits per heavy atom. The Balaban J connectivity index is 1.54. The second kappa shape index (κ2) is 13.6. The molecule has 0 saturated heterocycles. The third-order valence-corrected chi connectivity index (χ3v) is 9.33. The molecule has 0 spiro atoms. The van der Waals surface area contributed by atoms with E-state index in [2.05, 4.69) is 10.0 Å². The number of carbonyl (C=O) groups is 3. The van der Waals surface area contributed by atoms with Gasteiger partial charge in [-0.3, -0.25) is 9.59 Å². The number of fused-ring (bicyclic) bond motifs is 1. The monoisotopic (exact) mass is 653 g/mol. The van der Waals surface area contributed by atoms with E-state index in [-0.39, 0.29) is 18.4 Å². The van der Waals surface area contributed by atoms with Crippen LogP contribution in [0.15, 0.2) is 72.8 Å². The zero-order valence-electron chi connectivity index (χ0n) is 25.0. The number of benzene rings is 3. The predicted molar refractivity (Wildman–Crippen MR) is 170 cm³/mol. The van der Waals surface area contributed by atoms with Crippen molar-refractivity contribution in [1.29, 1.82) is 0 Å². The third kappa shape index (κ3) is 7.49. The zero-order valence-corrected chi connectivity index (χ0v) is 26.6. The Morgan fingerprint density at radius 1 is 1.04 bits per heavy atom. The molecule has 3 aromatic rings. The number of rotatable bonds is 10. The van der Waals surface area contributed by atoms with E-state index < -0.39 is 46.1 Å². The molecule has 0 radical (unpaired) electrons. The van der Waals surface area contributed by atoms with Crippen LogP contribution in [0.3, 0.4) is 0 Å². The fourth-order valence-corrected chi connectivity index (χ4v) is 7.30. The van der Waals surface area contributed by atoms with E-state index in [9.17, 15) is 27.9 Å². The molecule has 12 heteroatoms. The van der Waals surface area contributed by atoms with Crippen LogP contribution in [0.5, 0.6) is 5.75 Å². The van der Waals surface area contributed by atoms with E-state index in [1.807, 2.05) is 0 Å². The first kappa shape index (κ1) is 32.5. The van der Waals surface area contributed by atoms with Gasteiger partial charge in [0.25, 0.3) is 5.91 Å². The van der Waals surface area contributed by atoms with Crippen molar-refractivity contribution in [3.8, 4) is 5.75 Å². The summed E-state index contributed by atoms with van der Waals surface area (Å²) in [6.07, 6.45) is 2.82. The molecule has 1 aliphatic heterocycles. The van der Waals surface area contributed by atoms with Crippen LogP contribution in [0.4, 0.5) is 0 Å². The van der Waals surface area contributed by atoms with Crippen molar-refractivity contribution in [3.05, 3.63) is 100 Å². The summed E-state index contributed by atoms with van der Waals surface area (Å²) in [7, 11) is -3.57. The molecular formula is C33H36ClN3O7S. The molecule has 1 aliphatic carbocycles. The number of hydrogen-bond acceptors (Lipinski definition) is 6. The molecular weight excluding hydrogens is 618 g/mol. The minimum atomic E-state index is -3.57. The Hall–Kier alpha value is -3.93. The van der Waals surface area contributed by atoms with Crippen LogP contribution in [0, 0.1) is 0 Å². The van der Waals surface area contributed by atoms with Crippen molar-refractivity contribution < 1.29 is 32.6 Å². The van der Waals surface area contributed by atoms with E-state index in [0.717, 1.165) is 19.1 Å². The van der Waals surface area contributed by atoms with Gasteiger partial charge in [0.1, 0.15) is 5.75 Å². The summed E-state index contributed by atoms with van der Waals surface area (Å²) in [5, 5.41) is 12.7. The van der Waals surface area contributed by atoms with Gasteiger partial charge in [0.05, 0.1) is 18.2 Å². The number of amides is 2. The maximum absolute atomic E-state index is 14.3. The number of carbonyl (C=O) groups excluding carboxylic acids is 2. The van der Waals surface area contributed by atoms with Crippen LogP contribution in [0.25, 0.3) is 0 Å². The van der Waals surface area contributed by atoms with Crippen LogP contribution >= 0.6 is 11.6 Å². The third-order valence-electron chi connectivity index (χ3n) is 8.35. The normalized spacial score (nSPS) is 22.3. The maximum atomic E-state index is 14.3. The quantitative estimate of drug-likeness (QED) is 0.289. The first-order chi connectivity index (χ1) is 21.4. The van der Waals surface area contributed by atoms with E-state index in [0.29, 0.717) is 45.9 Å². The lowest BCUT2D eigenvalue weighted by Crippen LogP contribution is -2.59. The molecule has 238 valence electrons. The topological polar surface area (TPSA) is 142 Å². The van der Waals surface area contributed by atoms with Gasteiger partial charge < -0.3 is 20.1 Å². The molecule has 5 rings (SSSR count). The van der Waals surface area contributed by atoms with Gasteiger partial charge in [-0.1, -0.05) is 66.9 Å². The highest BCUT2D eigenvalue weighted by Gasteiger charge is 2.48. The number of halogens is 1. The molecule has 1 fully saturated rings. The van der Waals surface area contributed by atoms with E-state index in [1.54, 1.807) is 77.7 Å². The van der Waals surface area contributed by atoms with Crippen LogP contribution in [0.1, 0.15) is 71.6 Å². The Bertz CT molecular complexity index is 1680. The summed E-state index contributed by atoms with van der Waals surface area (Å²) >= 11 is 6.24. The fraction of sp³-hybridized carbons (Fsp3) is 0.364. The van der Waals surface area contributed by atoms with Gasteiger partial charge in [0.15, 0.2) is 6.10 Å². The molecule has 4 unspecified atom stereocenters. The minimum Gasteiger partial charge on any atom is -0.479 e. The summed E-state index contributed by atoms with van der Waals surface area (Å²) in [6, 6.07) is 19.1. The van der Waals surface area contributed by atoms with Crippen molar-refractivity contribution in [1.82, 2.24) is 14.9 Å². The number of ether oxygens (including phenoxy) is 1. The van der Waals surface area contributed by atoms with E-state index in [1.165, 1.54) is 6.92 Å². The lowest BCUT2D eigenvalue weighted by Gasteiger charge is -2.49. The Morgan fingerprint density at radius 3 is 2.47 bits per heavy atom. The molecule has 2 amide bonds. The SMILES string of the molecule is C[C@H](Oc1cccc(CNC(=O)C2c3ccccc3C(=O)N(C3CCCCC3NS(C)(=O)=O)C2c2ccc(Cl)cc2)c1)C(=O)O. The summed E-state index contributed by atoms with van der Waals surface area (Å²) in [5.41, 5.74) is 2.36. The average Bonchev–Trinajstić information content (AvgIpc) is 3.00. The molecule has 0 bridgehead atoms. The molecule has 2 aliphatic rings. The lowest BCUT2D eigenvalue weighted by atomic mass is 9.76. The van der Waals surface area contributed by atoms with Crippen molar-refractivity contribution in [2.45, 2.75) is 69.3 Å². The molecule has 45 heavy (non-hydrogen) atoms. The Kier molecular flexibility index (Phi) is 9.81. The number of aliphatic carboxylic acids is 1. The highest BCUT2D eigenvalue weighted by Crippen LogP contribution is 2.46. The Labute approximate surface area is 267 Å². The van der Waals surface area contributed by atoms with Gasteiger partial charge in [-0.25, -0.2) is 17.9 Å². The standard InChI is InChI=1S/C33H36ClN3O7S/c1-20(33(40)41)44-24-9-7-8-21(18-24)19-35-31(38)29-25-10-3-4-11-26(25)32(39)37(30(29)22-14-16-23(34)17-15-22)28-13-6-5-12-27(28)36-45(2,42)43/h3-4,7-11,14-18,20,27-30,36H,5-6,12-13,19H2,1-2H3,(H,35,38)(H,40,41)/t20-,27?,28?,29?,30?/m0/s1. The maximum Gasteiger partial charge on any atom is 0.344 e. The molecule has 10 nitrogen and oxygen atoms in total. The molecule has 3 N–H and O–H groups in total. The highest BCUT2D eigenvalue weighted by molar-refractivity contribution is 7.88. The van der Waals surface area contributed by atoms with Crippen molar-refractivity contribution in [2.75, 3.05) is 6.26 Å². The number of sulfonamides is 1. The summed E-state index contributed by atoms with van der Waals surface area (Å²) in [5.74, 6) is -2.15. The van der Waals surface area contributed by atoms with E-state index >= 15 is 0 Å². The molecule has 0 aromatic heterocycles. The van der Waals surface area contributed by atoms with Gasteiger partial charge in [-0.05, 0) is 66.8 Å². The second-order valence-corrected chi connectivity index (χ2v) is 13.8. The van der Waals surface area contributed by atoms with Crippen LogP contribution in [-0.4, -0.2) is 60.7 Å². The average molecular weight is 654 g/mol. The number of carboxylic acids is 1. The van der Waals surface area contributed by atoms with Gasteiger partial charge in [-0.15, -0.1) is 0 Å². The lowest BCUT2D eigenvalue weighted by molar-refractivity contribution is -0.144. The summed E-state index contributed by atoms with van der Waals surface area (Å²) in [6.45, 7) is 1.56. The van der Waals surface area contributed by atoms with Crippen molar-refractivity contribution in [2.24, 2.45) is 0 Å². The first-order valence-electron chi connectivity index (χ1n) is 14.8. The largest absolute Gasteiger partial charge is 0.479 e. The van der Waals surface area contributed by atoms with Crippen LogP contribution in [-0.2, 0) is 26.2 Å².